The van der Waals surface area contributed by atoms with Gasteiger partial charge in [0.25, 0.3) is 5.91 Å². The minimum Gasteiger partial charge on any atom is -0.379 e. The molecule has 1 unspecified atom stereocenters. The van der Waals surface area contributed by atoms with E-state index in [0.717, 1.165) is 48.0 Å². The van der Waals surface area contributed by atoms with Gasteiger partial charge >= 0.3 is 0 Å². The lowest BCUT2D eigenvalue weighted by atomic mass is 10.1. The predicted octanol–water partition coefficient (Wildman–Crippen LogP) is 3.17. The number of hydrogen-bond donors (Lipinski definition) is 1. The van der Waals surface area contributed by atoms with Crippen LogP contribution in [0.4, 0.5) is 0 Å². The van der Waals surface area contributed by atoms with Gasteiger partial charge in [-0.3, -0.25) is 9.78 Å². The summed E-state index contributed by atoms with van der Waals surface area (Å²) >= 11 is 0. The van der Waals surface area contributed by atoms with Crippen LogP contribution in [0.15, 0.2) is 24.3 Å². The first kappa shape index (κ1) is 17.8. The van der Waals surface area contributed by atoms with Crippen LogP contribution in [-0.2, 0) is 9.47 Å². The highest BCUT2D eigenvalue weighted by Gasteiger charge is 2.15. The fourth-order valence-electron chi connectivity index (χ4n) is 3.08. The van der Waals surface area contributed by atoms with Crippen LogP contribution in [0.5, 0.6) is 0 Å². The summed E-state index contributed by atoms with van der Waals surface area (Å²) in [6.07, 6.45) is 3.26. The van der Waals surface area contributed by atoms with Crippen molar-refractivity contribution >= 4 is 16.8 Å². The Bertz CT molecular complexity index is 739. The van der Waals surface area contributed by atoms with Crippen LogP contribution in [0.1, 0.15) is 40.9 Å². The average Bonchev–Trinajstić information content (AvgIpc) is 3.11. The number of aromatic nitrogens is 1. The first-order valence-electron chi connectivity index (χ1n) is 8.99. The van der Waals surface area contributed by atoms with Crippen molar-refractivity contribution in [2.45, 2.75) is 39.2 Å². The van der Waals surface area contributed by atoms with Crippen LogP contribution < -0.4 is 5.32 Å². The Labute approximate surface area is 148 Å². The fourth-order valence-corrected chi connectivity index (χ4v) is 3.08. The van der Waals surface area contributed by atoms with Crippen molar-refractivity contribution in [3.8, 4) is 0 Å². The topological polar surface area (TPSA) is 60.5 Å². The van der Waals surface area contributed by atoms with E-state index in [4.69, 9.17) is 9.47 Å². The number of amides is 1. The molecule has 1 aliphatic rings. The normalized spacial score (nSPS) is 17.1. The number of carbonyl (C=O) groups is 1. The summed E-state index contributed by atoms with van der Waals surface area (Å²) in [4.78, 5) is 17.0. The molecule has 5 heteroatoms. The number of nitrogens with one attached hydrogen (secondary N) is 1. The summed E-state index contributed by atoms with van der Waals surface area (Å²) in [6.45, 7) is 6.64. The maximum Gasteiger partial charge on any atom is 0.253 e. The van der Waals surface area contributed by atoms with E-state index in [-0.39, 0.29) is 12.0 Å². The van der Waals surface area contributed by atoms with E-state index in [2.05, 4.69) is 16.4 Å². The first-order chi connectivity index (χ1) is 12.1. The number of carbonyl (C=O) groups excluding carboxylic acids is 1. The summed E-state index contributed by atoms with van der Waals surface area (Å²) in [5, 5.41) is 3.95. The zero-order valence-electron chi connectivity index (χ0n) is 15.0. The molecule has 1 saturated heterocycles. The van der Waals surface area contributed by atoms with E-state index in [0.29, 0.717) is 25.3 Å². The van der Waals surface area contributed by atoms with Gasteiger partial charge in [-0.15, -0.1) is 0 Å². The van der Waals surface area contributed by atoms with Crippen molar-refractivity contribution in [3.05, 3.63) is 41.1 Å². The fraction of sp³-hybridized carbons (Fsp3) is 0.500. The lowest BCUT2D eigenvalue weighted by molar-refractivity contribution is 0.0166. The summed E-state index contributed by atoms with van der Waals surface area (Å²) in [7, 11) is 0. The molecule has 5 nitrogen and oxygen atoms in total. The van der Waals surface area contributed by atoms with Crippen molar-refractivity contribution in [2.75, 3.05) is 26.4 Å². The number of ether oxygens (including phenoxy) is 2. The van der Waals surface area contributed by atoms with Gasteiger partial charge in [-0.2, -0.15) is 0 Å². The molecule has 1 atom stereocenters. The Morgan fingerprint density at radius 1 is 1.36 bits per heavy atom. The molecule has 1 amide bonds. The van der Waals surface area contributed by atoms with Crippen molar-refractivity contribution in [1.82, 2.24) is 10.3 Å². The van der Waals surface area contributed by atoms with Crippen LogP contribution in [-0.4, -0.2) is 43.4 Å². The second kappa shape index (κ2) is 8.41. The third-order valence-electron chi connectivity index (χ3n) is 4.48. The molecule has 0 aliphatic carbocycles. The molecule has 2 heterocycles. The van der Waals surface area contributed by atoms with Gasteiger partial charge in [-0.1, -0.05) is 11.6 Å². The zero-order chi connectivity index (χ0) is 17.6. The number of nitrogens with zero attached hydrogens (tertiary/aromatic N) is 1. The van der Waals surface area contributed by atoms with Gasteiger partial charge in [0.2, 0.25) is 0 Å². The van der Waals surface area contributed by atoms with Crippen molar-refractivity contribution < 1.29 is 14.3 Å². The van der Waals surface area contributed by atoms with Crippen molar-refractivity contribution in [2.24, 2.45) is 0 Å². The van der Waals surface area contributed by atoms with Crippen LogP contribution >= 0.6 is 0 Å². The number of rotatable bonds is 7. The van der Waals surface area contributed by atoms with Crippen LogP contribution in [0.2, 0.25) is 0 Å². The average molecular weight is 342 g/mol. The lowest BCUT2D eigenvalue weighted by Crippen LogP contribution is -2.26. The molecule has 25 heavy (non-hydrogen) atoms. The molecule has 2 aromatic rings. The Balaban J connectivity index is 1.47. The molecular weight excluding hydrogens is 316 g/mol. The summed E-state index contributed by atoms with van der Waals surface area (Å²) in [5.41, 5.74) is 3.47. The smallest absolute Gasteiger partial charge is 0.253 e. The van der Waals surface area contributed by atoms with E-state index < -0.39 is 0 Å². The molecule has 0 spiro atoms. The van der Waals surface area contributed by atoms with Gasteiger partial charge in [0, 0.05) is 25.1 Å². The van der Waals surface area contributed by atoms with Gasteiger partial charge in [0.1, 0.15) is 0 Å². The monoisotopic (exact) mass is 342 g/mol. The number of benzene rings is 1. The Hall–Kier alpha value is -1.98. The number of pyridine rings is 1. The SMILES string of the molecule is Cc1ccc2nc(C)c(C(=O)NCCCOCC3CCCO3)cc2c1. The lowest BCUT2D eigenvalue weighted by Gasteiger charge is -2.11. The number of hydrogen-bond acceptors (Lipinski definition) is 4. The molecule has 1 fully saturated rings. The quantitative estimate of drug-likeness (QED) is 0.785. The van der Waals surface area contributed by atoms with E-state index in [1.165, 1.54) is 0 Å². The van der Waals surface area contributed by atoms with Crippen LogP contribution in [0.25, 0.3) is 10.9 Å². The molecule has 1 N–H and O–H groups in total. The molecule has 3 rings (SSSR count). The van der Waals surface area contributed by atoms with E-state index in [9.17, 15) is 4.79 Å². The highest BCUT2D eigenvalue weighted by Crippen LogP contribution is 2.18. The summed E-state index contributed by atoms with van der Waals surface area (Å²) < 4.78 is 11.1. The molecule has 0 radical (unpaired) electrons. The van der Waals surface area contributed by atoms with E-state index in [1.807, 2.05) is 32.0 Å². The Kier molecular flexibility index (Phi) is 6.00. The summed E-state index contributed by atoms with van der Waals surface area (Å²) in [5.74, 6) is -0.0764. The highest BCUT2D eigenvalue weighted by atomic mass is 16.5. The molecule has 0 saturated carbocycles. The van der Waals surface area contributed by atoms with E-state index in [1.54, 1.807) is 0 Å². The van der Waals surface area contributed by atoms with Crippen LogP contribution in [0, 0.1) is 13.8 Å². The zero-order valence-corrected chi connectivity index (χ0v) is 15.0. The minimum absolute atomic E-state index is 0.0764. The van der Waals surface area contributed by atoms with E-state index >= 15 is 0 Å². The molecule has 0 bridgehead atoms. The van der Waals surface area contributed by atoms with Gasteiger partial charge in [-0.25, -0.2) is 0 Å². The van der Waals surface area contributed by atoms with Gasteiger partial charge in [-0.05, 0) is 51.3 Å². The molecule has 134 valence electrons. The molecule has 1 aromatic heterocycles. The number of fused-ring (bicyclic) bond motifs is 1. The largest absolute Gasteiger partial charge is 0.379 e. The molecular formula is C20H26N2O3. The van der Waals surface area contributed by atoms with Crippen LogP contribution in [0.3, 0.4) is 0 Å². The highest BCUT2D eigenvalue weighted by molar-refractivity contribution is 5.98. The second-order valence-corrected chi connectivity index (χ2v) is 6.64. The molecule has 1 aliphatic heterocycles. The summed E-state index contributed by atoms with van der Waals surface area (Å²) in [6, 6.07) is 8.00. The van der Waals surface area contributed by atoms with Gasteiger partial charge < -0.3 is 14.8 Å². The van der Waals surface area contributed by atoms with Gasteiger partial charge in [0.05, 0.1) is 29.5 Å². The van der Waals surface area contributed by atoms with Gasteiger partial charge in [0.15, 0.2) is 0 Å². The minimum atomic E-state index is -0.0764. The second-order valence-electron chi connectivity index (χ2n) is 6.64. The molecule has 1 aromatic carbocycles. The third-order valence-corrected chi connectivity index (χ3v) is 4.48. The maximum absolute atomic E-state index is 12.4. The van der Waals surface area contributed by atoms with Crippen molar-refractivity contribution in [3.63, 3.8) is 0 Å². The standard InChI is InChI=1S/C20H26N2O3/c1-14-6-7-19-16(11-14)12-18(15(2)22-19)20(23)21-8-4-9-24-13-17-5-3-10-25-17/h6-7,11-12,17H,3-5,8-10,13H2,1-2H3,(H,21,23). The van der Waals surface area contributed by atoms with Crippen molar-refractivity contribution in [1.29, 1.82) is 0 Å². The third kappa shape index (κ3) is 4.77. The first-order valence-corrected chi connectivity index (χ1v) is 8.99. The predicted molar refractivity (Wildman–Crippen MR) is 98.0 cm³/mol. The Morgan fingerprint density at radius 3 is 3.04 bits per heavy atom. The maximum atomic E-state index is 12.4. The Morgan fingerprint density at radius 2 is 2.24 bits per heavy atom. The number of aryl methyl sites for hydroxylation is 2.